The lowest BCUT2D eigenvalue weighted by Crippen LogP contribution is -2.38. The third kappa shape index (κ3) is 5.55. The Balaban J connectivity index is 3.00. The fourth-order valence-corrected chi connectivity index (χ4v) is 1.61. The Bertz CT molecular complexity index is 489. The van der Waals surface area contributed by atoms with Crippen molar-refractivity contribution >= 4 is 11.8 Å². The molecule has 2 N–H and O–H groups in total. The molecule has 0 aliphatic rings. The van der Waals surface area contributed by atoms with Crippen LogP contribution in [0.3, 0.4) is 0 Å². The first-order valence-electron chi connectivity index (χ1n) is 7.09. The minimum atomic E-state index is -0.548. The number of amides is 1. The molecule has 0 aliphatic carbocycles. The highest BCUT2D eigenvalue weighted by atomic mass is 16.6. The summed E-state index contributed by atoms with van der Waals surface area (Å²) >= 11 is 0. The molecule has 0 saturated carbocycles. The number of nitrogens with zero attached hydrogens (tertiary/aromatic N) is 2. The molecule has 1 aromatic rings. The Labute approximate surface area is 126 Å². The van der Waals surface area contributed by atoms with Crippen molar-refractivity contribution in [2.24, 2.45) is 5.73 Å². The van der Waals surface area contributed by atoms with Crippen molar-refractivity contribution < 1.29 is 9.53 Å². The van der Waals surface area contributed by atoms with Crippen LogP contribution in [0.1, 0.15) is 39.8 Å². The number of rotatable bonds is 5. The van der Waals surface area contributed by atoms with Crippen molar-refractivity contribution in [2.75, 3.05) is 11.4 Å². The lowest BCUT2D eigenvalue weighted by Gasteiger charge is -2.27. The van der Waals surface area contributed by atoms with Gasteiger partial charge in [0, 0.05) is 6.54 Å². The maximum atomic E-state index is 12.4. The summed E-state index contributed by atoms with van der Waals surface area (Å²) in [6.07, 6.45) is 2.03. The lowest BCUT2D eigenvalue weighted by molar-refractivity contribution is 0.0583. The van der Waals surface area contributed by atoms with E-state index in [0.29, 0.717) is 18.8 Å². The Morgan fingerprint density at radius 3 is 2.52 bits per heavy atom. The molecule has 0 bridgehead atoms. The van der Waals surface area contributed by atoms with Gasteiger partial charge in [0.1, 0.15) is 5.60 Å². The van der Waals surface area contributed by atoms with E-state index < -0.39 is 11.7 Å². The molecule has 1 aromatic heterocycles. The first-order chi connectivity index (χ1) is 9.76. The van der Waals surface area contributed by atoms with Crippen molar-refractivity contribution in [3.8, 4) is 0 Å². The molecule has 1 heterocycles. The van der Waals surface area contributed by atoms with Gasteiger partial charge in [-0.1, -0.05) is 19.1 Å². The van der Waals surface area contributed by atoms with Gasteiger partial charge in [0.2, 0.25) is 0 Å². The van der Waals surface area contributed by atoms with Gasteiger partial charge < -0.3 is 10.5 Å². The predicted molar refractivity (Wildman–Crippen MR) is 85.1 cm³/mol. The van der Waals surface area contributed by atoms with Gasteiger partial charge in [-0.05, 0) is 39.3 Å². The number of anilines is 1. The third-order valence-corrected chi connectivity index (χ3v) is 2.83. The summed E-state index contributed by atoms with van der Waals surface area (Å²) in [5.41, 5.74) is 7.39. The number of pyridine rings is 1. The quantitative estimate of drug-likeness (QED) is 0.846. The number of nitrogens with two attached hydrogens (primary N) is 1. The Morgan fingerprint density at radius 2 is 2.10 bits per heavy atom. The van der Waals surface area contributed by atoms with E-state index in [1.807, 2.05) is 33.8 Å². The monoisotopic (exact) mass is 291 g/mol. The highest BCUT2D eigenvalue weighted by Crippen LogP contribution is 2.19. The molecule has 0 atom stereocenters. The molecule has 0 aromatic carbocycles. The van der Waals surface area contributed by atoms with E-state index in [1.165, 1.54) is 0 Å². The molecule has 0 radical (unpaired) electrons. The highest BCUT2D eigenvalue weighted by molar-refractivity contribution is 5.88. The summed E-state index contributed by atoms with van der Waals surface area (Å²) in [5, 5.41) is 0. The molecule has 0 spiro atoms. The van der Waals surface area contributed by atoms with Gasteiger partial charge in [-0.2, -0.15) is 0 Å². The first kappa shape index (κ1) is 17.2. The normalized spacial score (nSPS) is 11.1. The second-order valence-electron chi connectivity index (χ2n) is 5.88. The SMILES string of the molecule is C=C(CC)CN(C(=O)OC(C)(C)C)c1ccc(CN)nc1. The molecule has 0 unspecified atom stereocenters. The zero-order valence-electron chi connectivity index (χ0n) is 13.3. The Kier molecular flexibility index (Phi) is 5.90. The van der Waals surface area contributed by atoms with Gasteiger partial charge in [0.25, 0.3) is 0 Å². The minimum absolute atomic E-state index is 0.369. The Morgan fingerprint density at radius 1 is 1.43 bits per heavy atom. The van der Waals surface area contributed by atoms with Crippen LogP contribution in [0.15, 0.2) is 30.5 Å². The average molecular weight is 291 g/mol. The summed E-state index contributed by atoms with van der Waals surface area (Å²) in [6, 6.07) is 3.63. The van der Waals surface area contributed by atoms with Crippen molar-refractivity contribution in [1.29, 1.82) is 0 Å². The van der Waals surface area contributed by atoms with Crippen molar-refractivity contribution in [2.45, 2.75) is 46.3 Å². The van der Waals surface area contributed by atoms with Gasteiger partial charge in [0.05, 0.1) is 24.1 Å². The first-order valence-corrected chi connectivity index (χ1v) is 7.09. The number of ether oxygens (including phenoxy) is 1. The lowest BCUT2D eigenvalue weighted by atomic mass is 10.2. The van der Waals surface area contributed by atoms with E-state index in [-0.39, 0.29) is 0 Å². The molecule has 1 amide bonds. The van der Waals surface area contributed by atoms with Crippen LogP contribution in [-0.2, 0) is 11.3 Å². The molecule has 116 valence electrons. The van der Waals surface area contributed by atoms with Crippen molar-refractivity contribution in [1.82, 2.24) is 4.98 Å². The van der Waals surface area contributed by atoms with Crippen LogP contribution < -0.4 is 10.6 Å². The summed E-state index contributed by atoms with van der Waals surface area (Å²) in [4.78, 5) is 18.1. The summed E-state index contributed by atoms with van der Waals surface area (Å²) < 4.78 is 5.45. The molecule has 5 heteroatoms. The van der Waals surface area contributed by atoms with E-state index >= 15 is 0 Å². The second-order valence-corrected chi connectivity index (χ2v) is 5.88. The van der Waals surface area contributed by atoms with Crippen LogP contribution in [0.4, 0.5) is 10.5 Å². The van der Waals surface area contributed by atoms with E-state index in [1.54, 1.807) is 17.2 Å². The van der Waals surface area contributed by atoms with E-state index in [2.05, 4.69) is 11.6 Å². The van der Waals surface area contributed by atoms with E-state index in [0.717, 1.165) is 17.7 Å². The van der Waals surface area contributed by atoms with Gasteiger partial charge in [-0.3, -0.25) is 9.88 Å². The molecule has 0 fully saturated rings. The maximum absolute atomic E-state index is 12.4. The van der Waals surface area contributed by atoms with Crippen LogP contribution in [0, 0.1) is 0 Å². The molecule has 21 heavy (non-hydrogen) atoms. The summed E-state index contributed by atoms with van der Waals surface area (Å²) in [7, 11) is 0. The van der Waals surface area contributed by atoms with Crippen molar-refractivity contribution in [3.05, 3.63) is 36.2 Å². The summed E-state index contributed by atoms with van der Waals surface area (Å²) in [5.74, 6) is 0. The third-order valence-electron chi connectivity index (χ3n) is 2.83. The van der Waals surface area contributed by atoms with Gasteiger partial charge in [-0.25, -0.2) is 4.79 Å². The molecule has 0 saturated heterocycles. The number of hydrogen-bond donors (Lipinski definition) is 1. The van der Waals surface area contributed by atoms with Crippen LogP contribution in [-0.4, -0.2) is 23.2 Å². The topological polar surface area (TPSA) is 68.5 Å². The largest absolute Gasteiger partial charge is 0.443 e. The number of hydrogen-bond acceptors (Lipinski definition) is 4. The van der Waals surface area contributed by atoms with Crippen molar-refractivity contribution in [3.63, 3.8) is 0 Å². The zero-order chi connectivity index (χ0) is 16.0. The molecular formula is C16H25N3O2. The van der Waals surface area contributed by atoms with E-state index in [4.69, 9.17) is 10.5 Å². The van der Waals surface area contributed by atoms with Crippen LogP contribution in [0.25, 0.3) is 0 Å². The minimum Gasteiger partial charge on any atom is -0.443 e. The molecule has 5 nitrogen and oxygen atoms in total. The average Bonchev–Trinajstić information content (AvgIpc) is 2.42. The fraction of sp³-hybridized carbons (Fsp3) is 0.500. The smallest absolute Gasteiger partial charge is 0.415 e. The van der Waals surface area contributed by atoms with Crippen LogP contribution in [0.2, 0.25) is 0 Å². The highest BCUT2D eigenvalue weighted by Gasteiger charge is 2.23. The molecule has 0 aliphatic heterocycles. The fourth-order valence-electron chi connectivity index (χ4n) is 1.61. The standard InChI is InChI=1S/C16H25N3O2/c1-6-12(2)11-19(15(20)21-16(3,4)5)14-8-7-13(9-17)18-10-14/h7-8,10H,2,6,9,11,17H2,1,3-5H3. The number of carbonyl (C=O) groups excluding carboxylic acids is 1. The van der Waals surface area contributed by atoms with Crippen LogP contribution >= 0.6 is 0 Å². The Hall–Kier alpha value is -1.88. The number of carbonyl (C=O) groups is 1. The number of aromatic nitrogens is 1. The maximum Gasteiger partial charge on any atom is 0.415 e. The van der Waals surface area contributed by atoms with Gasteiger partial charge in [0.15, 0.2) is 0 Å². The predicted octanol–water partition coefficient (Wildman–Crippen LogP) is 3.25. The van der Waals surface area contributed by atoms with E-state index in [9.17, 15) is 4.79 Å². The second kappa shape index (κ2) is 7.22. The zero-order valence-corrected chi connectivity index (χ0v) is 13.3. The van der Waals surface area contributed by atoms with Gasteiger partial charge in [-0.15, -0.1) is 0 Å². The molecular weight excluding hydrogens is 266 g/mol. The summed E-state index contributed by atoms with van der Waals surface area (Å²) in [6.45, 7) is 12.3. The van der Waals surface area contributed by atoms with Gasteiger partial charge >= 0.3 is 6.09 Å². The van der Waals surface area contributed by atoms with Crippen LogP contribution in [0.5, 0.6) is 0 Å². The molecule has 1 rings (SSSR count).